The van der Waals surface area contributed by atoms with Crippen molar-refractivity contribution < 1.29 is 9.26 Å². The number of nitrogens with zero attached hydrogens (tertiary/aromatic N) is 6. The van der Waals surface area contributed by atoms with Crippen LogP contribution in [-0.2, 0) is 11.3 Å². The maximum Gasteiger partial charge on any atom is 0.439 e. The molecule has 2 saturated carbocycles. The van der Waals surface area contributed by atoms with Gasteiger partial charge in [0.05, 0.1) is 18.8 Å². The maximum absolute atomic E-state index is 11.9. The van der Waals surface area contributed by atoms with E-state index in [0.29, 0.717) is 42.4 Å². The van der Waals surface area contributed by atoms with E-state index < -0.39 is 5.76 Å². The van der Waals surface area contributed by atoms with Gasteiger partial charge in [0.25, 0.3) is 0 Å². The normalized spacial score (nSPS) is 25.0. The second kappa shape index (κ2) is 12.1. The highest BCUT2D eigenvalue weighted by molar-refractivity contribution is 5.87. The van der Waals surface area contributed by atoms with Gasteiger partial charge in [-0.15, -0.1) is 12.3 Å². The van der Waals surface area contributed by atoms with E-state index in [4.69, 9.17) is 30.6 Å². The Morgan fingerprint density at radius 1 is 1.11 bits per heavy atom. The second-order valence-corrected chi connectivity index (χ2v) is 12.7. The standard InChI is InChI=1S/C33H40N8O3/c1-4-22-13-15-23(16-14-22)19-41-27-28(34-20(2)24-11-8-12-24)35-30(31-38-33(42)44-39-31)36-29(27)37-32(41)40-17-18-43-21(3)26(40)25-9-6-5-7-10-25/h1,5-7,9-10,20-24,26H,8,11-19H2,2-3H3,(H,34,35,36)(H,38,39,42)/t20-,21-,22?,23?,26?/m1/s1. The summed E-state index contributed by atoms with van der Waals surface area (Å²) < 4.78 is 13.3. The van der Waals surface area contributed by atoms with Crippen molar-refractivity contribution in [3.05, 3.63) is 46.4 Å². The minimum atomic E-state index is -0.650. The molecule has 0 amide bonds. The fraction of sp³-hybridized carbons (Fsp3) is 0.545. The Morgan fingerprint density at radius 2 is 1.91 bits per heavy atom. The quantitative estimate of drug-likeness (QED) is 0.265. The first-order valence-electron chi connectivity index (χ1n) is 16.0. The van der Waals surface area contributed by atoms with Crippen LogP contribution in [0.3, 0.4) is 0 Å². The van der Waals surface area contributed by atoms with Gasteiger partial charge in [0.15, 0.2) is 11.5 Å². The van der Waals surface area contributed by atoms with Crippen LogP contribution in [0, 0.1) is 30.1 Å². The molecule has 11 nitrogen and oxygen atoms in total. The molecule has 2 aliphatic carbocycles. The van der Waals surface area contributed by atoms with E-state index in [1.54, 1.807) is 0 Å². The molecule has 1 unspecified atom stereocenters. The van der Waals surface area contributed by atoms with Gasteiger partial charge < -0.3 is 19.5 Å². The molecule has 3 aromatic heterocycles. The number of H-pyrrole nitrogens is 1. The van der Waals surface area contributed by atoms with Crippen LogP contribution in [0.5, 0.6) is 0 Å². The number of ether oxygens (including phenoxy) is 1. The summed E-state index contributed by atoms with van der Waals surface area (Å²) in [6.07, 6.45) is 13.6. The molecular formula is C33H40N8O3. The average molecular weight is 597 g/mol. The molecule has 3 aliphatic rings. The Bertz CT molecular complexity index is 1690. The van der Waals surface area contributed by atoms with E-state index >= 15 is 0 Å². The van der Waals surface area contributed by atoms with Gasteiger partial charge in [-0.05, 0) is 69.8 Å². The number of aromatic amines is 1. The highest BCUT2D eigenvalue weighted by Gasteiger charge is 2.36. The van der Waals surface area contributed by atoms with Crippen LogP contribution in [0.4, 0.5) is 11.8 Å². The summed E-state index contributed by atoms with van der Waals surface area (Å²) in [6.45, 7) is 6.42. The zero-order valence-electron chi connectivity index (χ0n) is 25.4. The third-order valence-electron chi connectivity index (χ3n) is 9.87. The molecule has 1 aliphatic heterocycles. The maximum atomic E-state index is 11.9. The van der Waals surface area contributed by atoms with Gasteiger partial charge in [-0.3, -0.25) is 9.51 Å². The topological polar surface area (TPSA) is 127 Å². The van der Waals surface area contributed by atoms with Crippen LogP contribution in [0.1, 0.15) is 70.4 Å². The van der Waals surface area contributed by atoms with E-state index in [0.717, 1.165) is 43.7 Å². The smallest absolute Gasteiger partial charge is 0.374 e. The predicted octanol–water partition coefficient (Wildman–Crippen LogP) is 5.18. The van der Waals surface area contributed by atoms with Gasteiger partial charge in [-0.25, -0.2) is 14.8 Å². The van der Waals surface area contributed by atoms with Crippen molar-refractivity contribution in [2.75, 3.05) is 23.4 Å². The number of terminal acetylenes is 1. The minimum Gasteiger partial charge on any atom is -0.374 e. The Morgan fingerprint density at radius 3 is 2.59 bits per heavy atom. The highest BCUT2D eigenvalue weighted by atomic mass is 16.5. The van der Waals surface area contributed by atoms with Crippen molar-refractivity contribution in [2.24, 2.45) is 17.8 Å². The second-order valence-electron chi connectivity index (χ2n) is 12.7. The highest BCUT2D eigenvalue weighted by Crippen LogP contribution is 2.39. The molecule has 44 heavy (non-hydrogen) atoms. The third-order valence-corrected chi connectivity index (χ3v) is 9.87. The van der Waals surface area contributed by atoms with Gasteiger partial charge in [-0.1, -0.05) is 41.9 Å². The molecule has 3 fully saturated rings. The summed E-state index contributed by atoms with van der Waals surface area (Å²) in [6, 6.07) is 10.7. The van der Waals surface area contributed by atoms with Crippen LogP contribution < -0.4 is 16.0 Å². The summed E-state index contributed by atoms with van der Waals surface area (Å²) in [7, 11) is 0. The lowest BCUT2D eigenvalue weighted by atomic mass is 9.80. The number of anilines is 2. The number of benzene rings is 1. The number of fused-ring (bicyclic) bond motifs is 1. The number of hydrogen-bond acceptors (Lipinski definition) is 9. The van der Waals surface area contributed by atoms with Crippen molar-refractivity contribution in [1.29, 1.82) is 0 Å². The number of aromatic nitrogens is 6. The van der Waals surface area contributed by atoms with E-state index in [9.17, 15) is 4.79 Å². The summed E-state index contributed by atoms with van der Waals surface area (Å²) in [5, 5.41) is 7.63. The van der Waals surface area contributed by atoms with Crippen molar-refractivity contribution in [3.63, 3.8) is 0 Å². The summed E-state index contributed by atoms with van der Waals surface area (Å²) in [5.74, 6) is 5.70. The largest absolute Gasteiger partial charge is 0.439 e. The Hall–Kier alpha value is -4.17. The molecule has 0 radical (unpaired) electrons. The SMILES string of the molecule is C#CC1CCC(Cn2c(N3CCO[C@H](C)C3c3ccccc3)nc3nc(-c4noc(=O)[nH]4)nc(N[C@H](C)C4CCC4)c32)CC1. The Kier molecular flexibility index (Phi) is 7.85. The lowest BCUT2D eigenvalue weighted by molar-refractivity contribution is 0.0221. The molecule has 0 spiro atoms. The molecule has 0 bridgehead atoms. The van der Waals surface area contributed by atoms with Gasteiger partial charge >= 0.3 is 5.76 Å². The minimum absolute atomic E-state index is 0.0256. The zero-order valence-corrected chi connectivity index (χ0v) is 25.4. The molecule has 4 aromatic rings. The lowest BCUT2D eigenvalue weighted by Gasteiger charge is -2.41. The molecule has 3 atom stereocenters. The molecule has 1 saturated heterocycles. The third kappa shape index (κ3) is 5.47. The Balaban J connectivity index is 1.38. The van der Waals surface area contributed by atoms with Crippen LogP contribution in [0.2, 0.25) is 0 Å². The predicted molar refractivity (Wildman–Crippen MR) is 168 cm³/mol. The first-order valence-corrected chi connectivity index (χ1v) is 16.0. The van der Waals surface area contributed by atoms with E-state index in [1.165, 1.54) is 24.8 Å². The van der Waals surface area contributed by atoms with Crippen LogP contribution in [-0.4, -0.2) is 55.0 Å². The number of nitrogens with one attached hydrogen (secondary N) is 2. The summed E-state index contributed by atoms with van der Waals surface area (Å²) >= 11 is 0. The molecule has 230 valence electrons. The van der Waals surface area contributed by atoms with Crippen LogP contribution in [0.25, 0.3) is 22.8 Å². The number of imidazole rings is 1. The molecule has 1 aromatic carbocycles. The average Bonchev–Trinajstić information content (AvgIpc) is 3.60. The molecule has 2 N–H and O–H groups in total. The molecular weight excluding hydrogens is 556 g/mol. The van der Waals surface area contributed by atoms with Crippen molar-refractivity contribution in [1.82, 2.24) is 29.7 Å². The van der Waals surface area contributed by atoms with Gasteiger partial charge in [0.2, 0.25) is 17.6 Å². The van der Waals surface area contributed by atoms with Gasteiger partial charge in [0, 0.05) is 25.0 Å². The van der Waals surface area contributed by atoms with Crippen molar-refractivity contribution >= 4 is 22.9 Å². The van der Waals surface area contributed by atoms with Crippen LogP contribution in [0.15, 0.2) is 39.6 Å². The zero-order chi connectivity index (χ0) is 30.2. The monoisotopic (exact) mass is 596 g/mol. The first kappa shape index (κ1) is 28.6. The number of rotatable bonds is 8. The molecule has 7 rings (SSSR count). The van der Waals surface area contributed by atoms with E-state index in [2.05, 4.69) is 69.0 Å². The first-order chi connectivity index (χ1) is 21.5. The molecule has 11 heteroatoms. The number of morpholine rings is 1. The van der Waals surface area contributed by atoms with E-state index in [-0.39, 0.29) is 29.8 Å². The summed E-state index contributed by atoms with van der Waals surface area (Å²) in [5.41, 5.74) is 2.60. The van der Waals surface area contributed by atoms with Crippen molar-refractivity contribution in [2.45, 2.75) is 83.5 Å². The van der Waals surface area contributed by atoms with Gasteiger partial charge in [-0.2, -0.15) is 4.98 Å². The van der Waals surface area contributed by atoms with E-state index in [1.807, 2.05) is 6.07 Å². The van der Waals surface area contributed by atoms with Crippen LogP contribution >= 0.6 is 0 Å². The molecule has 4 heterocycles. The number of hydrogen-bond donors (Lipinski definition) is 2. The van der Waals surface area contributed by atoms with Gasteiger partial charge in [0.1, 0.15) is 5.52 Å². The van der Waals surface area contributed by atoms with Crippen molar-refractivity contribution in [3.8, 4) is 24.0 Å². The fourth-order valence-electron chi connectivity index (χ4n) is 7.14. The Labute approximate surface area is 256 Å². The summed E-state index contributed by atoms with van der Waals surface area (Å²) in [4.78, 5) is 31.9. The lowest BCUT2D eigenvalue weighted by Crippen LogP contribution is -2.45. The fourth-order valence-corrected chi connectivity index (χ4v) is 7.14.